The van der Waals surface area contributed by atoms with E-state index in [1.807, 2.05) is 6.07 Å². The van der Waals surface area contributed by atoms with Gasteiger partial charge in [0.2, 0.25) is 0 Å². The van der Waals surface area contributed by atoms with Crippen LogP contribution in [0.25, 0.3) is 0 Å². The molecule has 1 aromatic rings. The van der Waals surface area contributed by atoms with Crippen LogP contribution in [-0.2, 0) is 6.54 Å². The summed E-state index contributed by atoms with van der Waals surface area (Å²) < 4.78 is 0. The zero-order chi connectivity index (χ0) is 10.9. The quantitative estimate of drug-likeness (QED) is 0.676. The molecule has 0 atom stereocenters. The molecule has 15 heavy (non-hydrogen) atoms. The third-order valence-electron chi connectivity index (χ3n) is 2.45. The maximum absolute atomic E-state index is 4.15. The molecule has 0 aliphatic rings. The van der Waals surface area contributed by atoms with E-state index in [4.69, 9.17) is 0 Å². The van der Waals surface area contributed by atoms with Gasteiger partial charge >= 0.3 is 0 Å². The summed E-state index contributed by atoms with van der Waals surface area (Å²) >= 11 is 0. The molecule has 0 saturated carbocycles. The number of hydrogen-bond acceptors (Lipinski definition) is 4. The molecule has 0 aliphatic carbocycles. The average molecular weight is 208 g/mol. The minimum Gasteiger partial charge on any atom is -0.310 e. The first kappa shape index (κ1) is 12.1. The Hall–Kier alpha value is -1.00. The maximum Gasteiger partial charge on any atom is 0.115 e. The van der Waals surface area contributed by atoms with E-state index in [1.165, 1.54) is 0 Å². The Morgan fingerprint density at radius 1 is 1.33 bits per heavy atom. The van der Waals surface area contributed by atoms with E-state index < -0.39 is 0 Å². The van der Waals surface area contributed by atoms with Crippen molar-refractivity contribution < 1.29 is 0 Å². The maximum atomic E-state index is 4.15. The highest BCUT2D eigenvalue weighted by atomic mass is 15.1. The minimum atomic E-state index is 0.823. The molecule has 0 saturated heterocycles. The van der Waals surface area contributed by atoms with E-state index in [0.717, 1.165) is 38.4 Å². The van der Waals surface area contributed by atoms with Gasteiger partial charge in [0.1, 0.15) is 6.33 Å². The molecule has 0 aliphatic heterocycles. The number of likely N-dealkylation sites (N-methyl/N-ethyl adjacent to an activating group) is 1. The van der Waals surface area contributed by atoms with Crippen LogP contribution < -0.4 is 5.32 Å². The zero-order valence-electron chi connectivity index (χ0n) is 9.61. The number of nitrogens with zero attached hydrogens (tertiary/aromatic N) is 3. The highest BCUT2D eigenvalue weighted by Gasteiger charge is 1.97. The third-order valence-corrected chi connectivity index (χ3v) is 2.45. The van der Waals surface area contributed by atoms with Crippen molar-refractivity contribution in [3.05, 3.63) is 24.3 Å². The van der Waals surface area contributed by atoms with Crippen LogP contribution >= 0.6 is 0 Å². The van der Waals surface area contributed by atoms with Crippen LogP contribution in [0.4, 0.5) is 0 Å². The molecule has 0 bridgehead atoms. The van der Waals surface area contributed by atoms with Gasteiger partial charge in [-0.1, -0.05) is 13.8 Å². The van der Waals surface area contributed by atoms with Crippen molar-refractivity contribution >= 4 is 0 Å². The van der Waals surface area contributed by atoms with Crippen molar-refractivity contribution in [2.24, 2.45) is 0 Å². The van der Waals surface area contributed by atoms with Crippen molar-refractivity contribution in [1.82, 2.24) is 20.2 Å². The lowest BCUT2D eigenvalue weighted by atomic mass is 10.4. The summed E-state index contributed by atoms with van der Waals surface area (Å²) in [7, 11) is 0. The highest BCUT2D eigenvalue weighted by Crippen LogP contribution is 1.90. The number of nitrogens with one attached hydrogen (secondary N) is 1. The molecule has 84 valence electrons. The predicted molar refractivity (Wildman–Crippen MR) is 61.5 cm³/mol. The van der Waals surface area contributed by atoms with Crippen LogP contribution in [0.1, 0.15) is 19.5 Å². The Morgan fingerprint density at radius 3 is 2.73 bits per heavy atom. The summed E-state index contributed by atoms with van der Waals surface area (Å²) in [4.78, 5) is 10.4. The van der Waals surface area contributed by atoms with Gasteiger partial charge in [-0.05, 0) is 19.2 Å². The monoisotopic (exact) mass is 208 g/mol. The van der Waals surface area contributed by atoms with Crippen LogP contribution in [0.2, 0.25) is 0 Å². The standard InChI is InChI=1S/C11H20N4/c1-3-15(4-2)8-7-12-9-11-5-6-13-10-14-11/h5-6,10,12H,3-4,7-9H2,1-2H3. The zero-order valence-corrected chi connectivity index (χ0v) is 9.61. The summed E-state index contributed by atoms with van der Waals surface area (Å²) in [6.07, 6.45) is 3.36. The first-order chi connectivity index (χ1) is 7.36. The Labute approximate surface area is 91.7 Å². The topological polar surface area (TPSA) is 41.0 Å². The minimum absolute atomic E-state index is 0.823. The van der Waals surface area contributed by atoms with E-state index in [0.29, 0.717) is 0 Å². The van der Waals surface area contributed by atoms with Crippen LogP contribution in [0.3, 0.4) is 0 Å². The van der Waals surface area contributed by atoms with Gasteiger partial charge < -0.3 is 10.2 Å². The highest BCUT2D eigenvalue weighted by molar-refractivity contribution is 4.96. The van der Waals surface area contributed by atoms with Crippen molar-refractivity contribution in [2.45, 2.75) is 20.4 Å². The molecule has 0 fully saturated rings. The first-order valence-corrected chi connectivity index (χ1v) is 5.54. The Morgan fingerprint density at radius 2 is 2.13 bits per heavy atom. The Kier molecular flexibility index (Phi) is 5.88. The van der Waals surface area contributed by atoms with E-state index in [9.17, 15) is 0 Å². The lowest BCUT2D eigenvalue weighted by molar-refractivity contribution is 0.302. The SMILES string of the molecule is CCN(CC)CCNCc1ccncn1. The van der Waals surface area contributed by atoms with Crippen LogP contribution in [-0.4, -0.2) is 41.0 Å². The summed E-state index contributed by atoms with van der Waals surface area (Å²) in [5.41, 5.74) is 1.05. The number of aromatic nitrogens is 2. The third kappa shape index (κ3) is 4.85. The molecule has 4 nitrogen and oxygen atoms in total. The fourth-order valence-corrected chi connectivity index (χ4v) is 1.42. The number of hydrogen-bond donors (Lipinski definition) is 1. The molecular weight excluding hydrogens is 188 g/mol. The van der Waals surface area contributed by atoms with Gasteiger partial charge in [0.05, 0.1) is 5.69 Å². The van der Waals surface area contributed by atoms with Gasteiger partial charge in [0.15, 0.2) is 0 Å². The Bertz CT molecular complexity index is 246. The lowest BCUT2D eigenvalue weighted by Gasteiger charge is -2.17. The summed E-state index contributed by atoms with van der Waals surface area (Å²) in [6, 6.07) is 1.93. The second kappa shape index (κ2) is 7.31. The molecule has 1 heterocycles. The Balaban J connectivity index is 2.12. The first-order valence-electron chi connectivity index (χ1n) is 5.54. The van der Waals surface area contributed by atoms with E-state index in [1.54, 1.807) is 12.5 Å². The molecule has 0 aromatic carbocycles. The summed E-state index contributed by atoms with van der Waals surface area (Å²) in [5, 5.41) is 3.37. The van der Waals surface area contributed by atoms with Crippen LogP contribution in [0, 0.1) is 0 Å². The predicted octanol–water partition coefficient (Wildman–Crippen LogP) is 0.908. The smallest absolute Gasteiger partial charge is 0.115 e. The van der Waals surface area contributed by atoms with Crippen LogP contribution in [0.5, 0.6) is 0 Å². The molecule has 1 N–H and O–H groups in total. The molecule has 0 amide bonds. The fraction of sp³-hybridized carbons (Fsp3) is 0.636. The lowest BCUT2D eigenvalue weighted by Crippen LogP contribution is -2.31. The van der Waals surface area contributed by atoms with Crippen molar-refractivity contribution in [1.29, 1.82) is 0 Å². The molecule has 0 spiro atoms. The van der Waals surface area contributed by atoms with Crippen molar-refractivity contribution in [3.63, 3.8) is 0 Å². The molecule has 1 rings (SSSR count). The summed E-state index contributed by atoms with van der Waals surface area (Å²) in [5.74, 6) is 0. The van der Waals surface area contributed by atoms with E-state index >= 15 is 0 Å². The second-order valence-corrected chi connectivity index (χ2v) is 3.40. The average Bonchev–Trinajstić information content (AvgIpc) is 2.31. The molecule has 0 unspecified atom stereocenters. The fourth-order valence-electron chi connectivity index (χ4n) is 1.42. The van der Waals surface area contributed by atoms with Crippen LogP contribution in [0.15, 0.2) is 18.6 Å². The van der Waals surface area contributed by atoms with Gasteiger partial charge in [-0.3, -0.25) is 0 Å². The molecular formula is C11H20N4. The molecule has 4 heteroatoms. The second-order valence-electron chi connectivity index (χ2n) is 3.40. The van der Waals surface area contributed by atoms with Crippen molar-refractivity contribution in [2.75, 3.05) is 26.2 Å². The van der Waals surface area contributed by atoms with E-state index in [2.05, 4.69) is 34.0 Å². The van der Waals surface area contributed by atoms with E-state index in [-0.39, 0.29) is 0 Å². The van der Waals surface area contributed by atoms with Crippen molar-refractivity contribution in [3.8, 4) is 0 Å². The number of rotatable bonds is 7. The molecule has 0 radical (unpaired) electrons. The van der Waals surface area contributed by atoms with Gasteiger partial charge in [-0.15, -0.1) is 0 Å². The van der Waals surface area contributed by atoms with Gasteiger partial charge in [0, 0.05) is 25.8 Å². The van der Waals surface area contributed by atoms with Gasteiger partial charge in [0.25, 0.3) is 0 Å². The molecule has 1 aromatic heterocycles. The largest absolute Gasteiger partial charge is 0.310 e. The van der Waals surface area contributed by atoms with Gasteiger partial charge in [-0.2, -0.15) is 0 Å². The van der Waals surface area contributed by atoms with Gasteiger partial charge in [-0.25, -0.2) is 9.97 Å². The summed E-state index contributed by atoms with van der Waals surface area (Å²) in [6.45, 7) is 9.53. The normalized spacial score (nSPS) is 10.9.